The van der Waals surface area contributed by atoms with Gasteiger partial charge >= 0.3 is 0 Å². The van der Waals surface area contributed by atoms with Gasteiger partial charge < -0.3 is 31.4 Å². The lowest BCUT2D eigenvalue weighted by molar-refractivity contribution is -0.150. The van der Waals surface area contributed by atoms with Crippen molar-refractivity contribution in [1.29, 1.82) is 0 Å². The van der Waals surface area contributed by atoms with E-state index in [9.17, 15) is 15.3 Å². The summed E-state index contributed by atoms with van der Waals surface area (Å²) in [5.74, 6) is 8.25. The van der Waals surface area contributed by atoms with E-state index in [4.69, 9.17) is 5.73 Å². The van der Waals surface area contributed by atoms with E-state index in [0.717, 1.165) is 44.9 Å². The Hall–Kier alpha value is -2.79. The molecule has 0 unspecified atom stereocenters. The standard InChI is InChI=1S/C39H50N4O3/c1-41-35(40)43-26-11-10-24-20-36(14-4-5-15-36)21-25(18-27-17-23-7-2-3-9-32(23)42-27)39(24)29-8-6-16-37(45)28(29)12-13-30(39)34-31(37)19-33(44)38(34,46)22-26/h2-3,7,9,17,21,24,26,28-31,33-34,42,44-46H,4-6,8,12-16,18-20,22H2,1H3,(H3,40,41,43)/t24-,26-,28+,29+,30+,31-,33+,34-,37-,38-,39-/m0/s1. The Morgan fingerprint density at radius 1 is 0.978 bits per heavy atom. The number of nitrogens with two attached hydrogens (primary N) is 1. The van der Waals surface area contributed by atoms with Gasteiger partial charge in [-0.25, -0.2) is 0 Å². The SMILES string of the molecule is CN=C(N)N[C@H]1C#C[C@H]2CC3(C=C(Cc4cc5ccccc5[nH]4)[C@@]24[C@@H]2CC[C@@H]5[C@H]4CCC[C@@]5(O)[C@H]4C[C@@H](O)[C@@](O)(C1)[C@@H]24)CCCC3. The fourth-order valence-electron chi connectivity index (χ4n) is 13.2. The number of guanidine groups is 1. The molecule has 1 heterocycles. The maximum Gasteiger partial charge on any atom is 0.189 e. The highest BCUT2D eigenvalue weighted by Gasteiger charge is 2.75. The Morgan fingerprint density at radius 3 is 2.59 bits per heavy atom. The van der Waals surface area contributed by atoms with E-state index in [1.54, 1.807) is 7.05 Å². The van der Waals surface area contributed by atoms with E-state index in [2.05, 4.69) is 63.5 Å². The molecule has 46 heavy (non-hydrogen) atoms. The molecule has 2 spiro atoms. The van der Waals surface area contributed by atoms with Crippen LogP contribution >= 0.6 is 0 Å². The van der Waals surface area contributed by atoms with Gasteiger partial charge in [0.25, 0.3) is 0 Å². The molecule has 9 rings (SSSR count). The summed E-state index contributed by atoms with van der Waals surface area (Å²) >= 11 is 0. The topological polar surface area (TPSA) is 127 Å². The first-order valence-corrected chi connectivity index (χ1v) is 18.1. The third-order valence-electron chi connectivity index (χ3n) is 14.7. The summed E-state index contributed by atoms with van der Waals surface area (Å²) in [6.07, 6.45) is 14.1. The van der Waals surface area contributed by atoms with Gasteiger partial charge in [-0.1, -0.05) is 61.0 Å². The van der Waals surface area contributed by atoms with Gasteiger partial charge in [0.2, 0.25) is 0 Å². The van der Waals surface area contributed by atoms with Crippen LogP contribution in [0, 0.1) is 58.2 Å². The normalized spacial score (nSPS) is 45.2. The lowest BCUT2D eigenvalue weighted by Crippen LogP contribution is -2.60. The first-order chi connectivity index (χ1) is 22.2. The quantitative estimate of drug-likeness (QED) is 0.127. The third kappa shape index (κ3) is 3.87. The van der Waals surface area contributed by atoms with Gasteiger partial charge in [-0.2, -0.15) is 0 Å². The number of nitrogens with one attached hydrogen (secondary N) is 2. The van der Waals surface area contributed by atoms with E-state index < -0.39 is 23.3 Å². The Balaban J connectivity index is 1.31. The van der Waals surface area contributed by atoms with Crippen LogP contribution < -0.4 is 11.1 Å². The van der Waals surface area contributed by atoms with E-state index in [1.165, 1.54) is 47.9 Å². The van der Waals surface area contributed by atoms with Gasteiger partial charge in [-0.05, 0) is 104 Å². The molecule has 0 amide bonds. The summed E-state index contributed by atoms with van der Waals surface area (Å²) < 4.78 is 0. The van der Waals surface area contributed by atoms with E-state index in [0.29, 0.717) is 18.3 Å². The Labute approximate surface area is 272 Å². The van der Waals surface area contributed by atoms with Crippen molar-refractivity contribution in [3.8, 4) is 11.8 Å². The number of para-hydroxylation sites is 1. The number of aliphatic imine (C=N–C) groups is 1. The molecule has 244 valence electrons. The number of fused-ring (bicyclic) bond motifs is 2. The zero-order chi connectivity index (χ0) is 31.5. The number of hydrogen-bond donors (Lipinski definition) is 6. The van der Waals surface area contributed by atoms with Crippen molar-refractivity contribution in [1.82, 2.24) is 10.3 Å². The fourth-order valence-corrected chi connectivity index (χ4v) is 13.2. The van der Waals surface area contributed by atoms with Gasteiger partial charge in [0.15, 0.2) is 5.96 Å². The first kappa shape index (κ1) is 29.4. The Kier molecular flexibility index (Phi) is 6.45. The number of rotatable bonds is 3. The molecule has 7 N–H and O–H groups in total. The van der Waals surface area contributed by atoms with Crippen LogP contribution in [0.5, 0.6) is 0 Å². The fraction of sp³-hybridized carbons (Fsp3) is 0.667. The lowest BCUT2D eigenvalue weighted by atomic mass is 9.41. The van der Waals surface area contributed by atoms with Crippen LogP contribution in [-0.4, -0.2) is 56.7 Å². The highest BCUT2D eigenvalue weighted by atomic mass is 16.3. The van der Waals surface area contributed by atoms with Crippen LogP contribution in [0.3, 0.4) is 0 Å². The number of aliphatic hydroxyl groups excluding tert-OH is 1. The minimum Gasteiger partial charge on any atom is -0.390 e. The average molecular weight is 623 g/mol. The van der Waals surface area contributed by atoms with Crippen LogP contribution in [0.25, 0.3) is 10.9 Å². The molecule has 7 heteroatoms. The van der Waals surface area contributed by atoms with E-state index in [1.807, 2.05) is 0 Å². The molecule has 0 saturated heterocycles. The van der Waals surface area contributed by atoms with Gasteiger partial charge in [0.1, 0.15) is 0 Å². The molecule has 1 aromatic heterocycles. The highest BCUT2D eigenvalue weighted by Crippen LogP contribution is 2.75. The lowest BCUT2D eigenvalue weighted by Gasteiger charge is -2.63. The summed E-state index contributed by atoms with van der Waals surface area (Å²) in [4.78, 5) is 7.95. The third-order valence-corrected chi connectivity index (χ3v) is 14.7. The van der Waals surface area contributed by atoms with Gasteiger partial charge in [0.05, 0.1) is 23.3 Å². The molecule has 6 bridgehead atoms. The zero-order valence-corrected chi connectivity index (χ0v) is 27.1. The minimum absolute atomic E-state index is 0.109. The molecule has 7 aliphatic rings. The van der Waals surface area contributed by atoms with Gasteiger partial charge in [0, 0.05) is 42.4 Å². The number of benzene rings is 1. The van der Waals surface area contributed by atoms with Crippen LogP contribution in [0.4, 0.5) is 0 Å². The summed E-state index contributed by atoms with van der Waals surface area (Å²) in [7, 11) is 1.66. The first-order valence-electron chi connectivity index (χ1n) is 18.1. The predicted molar refractivity (Wildman–Crippen MR) is 179 cm³/mol. The van der Waals surface area contributed by atoms with Crippen LogP contribution in [0.2, 0.25) is 0 Å². The maximum absolute atomic E-state index is 13.0. The van der Waals surface area contributed by atoms with Gasteiger partial charge in [-0.3, -0.25) is 4.99 Å². The number of aromatic nitrogens is 1. The van der Waals surface area contributed by atoms with E-state index in [-0.39, 0.29) is 46.8 Å². The number of H-pyrrole nitrogens is 1. The second kappa shape index (κ2) is 10.1. The number of nitrogens with zero attached hydrogens (tertiary/aromatic N) is 1. The second-order valence-electron chi connectivity index (χ2n) is 16.4. The molecule has 7 nitrogen and oxygen atoms in total. The predicted octanol–water partition coefficient (Wildman–Crippen LogP) is 4.81. The number of allylic oxidation sites excluding steroid dienone is 2. The summed E-state index contributed by atoms with van der Waals surface area (Å²) in [5, 5.41) is 42.3. The van der Waals surface area contributed by atoms with Crippen LogP contribution in [0.15, 0.2) is 47.0 Å². The van der Waals surface area contributed by atoms with Crippen molar-refractivity contribution in [2.75, 3.05) is 7.05 Å². The molecule has 1 aromatic carbocycles. The molecule has 5 saturated carbocycles. The Morgan fingerprint density at radius 2 is 1.78 bits per heavy atom. The number of aliphatic hydroxyl groups is 3. The number of hydrogen-bond acceptors (Lipinski definition) is 4. The molecular weight excluding hydrogens is 572 g/mol. The molecule has 7 aliphatic carbocycles. The molecule has 0 radical (unpaired) electrons. The summed E-state index contributed by atoms with van der Waals surface area (Å²) in [6.45, 7) is 0. The monoisotopic (exact) mass is 622 g/mol. The van der Waals surface area contributed by atoms with Crippen molar-refractivity contribution < 1.29 is 15.3 Å². The van der Waals surface area contributed by atoms with Crippen LogP contribution in [-0.2, 0) is 6.42 Å². The van der Waals surface area contributed by atoms with Crippen LogP contribution in [0.1, 0.15) is 82.7 Å². The summed E-state index contributed by atoms with van der Waals surface area (Å²) in [5.41, 5.74) is 7.74. The summed E-state index contributed by atoms with van der Waals surface area (Å²) in [6, 6.07) is 10.4. The average Bonchev–Trinajstić information content (AvgIpc) is 3.71. The van der Waals surface area contributed by atoms with Crippen molar-refractivity contribution in [2.24, 2.45) is 57.1 Å². The minimum atomic E-state index is -1.38. The van der Waals surface area contributed by atoms with Crippen molar-refractivity contribution in [3.63, 3.8) is 0 Å². The molecule has 5 fully saturated rings. The largest absolute Gasteiger partial charge is 0.390 e. The number of aromatic amines is 1. The smallest absolute Gasteiger partial charge is 0.189 e. The van der Waals surface area contributed by atoms with Crippen molar-refractivity contribution in [3.05, 3.63) is 47.7 Å². The van der Waals surface area contributed by atoms with Gasteiger partial charge in [-0.15, -0.1) is 0 Å². The highest BCUT2D eigenvalue weighted by molar-refractivity contribution is 5.80. The maximum atomic E-state index is 13.0. The molecule has 0 aliphatic heterocycles. The second-order valence-corrected chi connectivity index (χ2v) is 16.4. The Bertz CT molecular complexity index is 1650. The van der Waals surface area contributed by atoms with Crippen molar-refractivity contribution >= 4 is 16.9 Å². The molecule has 2 aromatic rings. The zero-order valence-electron chi connectivity index (χ0n) is 27.1. The molecule has 11 atom stereocenters. The molecular formula is C39H50N4O3. The van der Waals surface area contributed by atoms with E-state index >= 15 is 0 Å². The van der Waals surface area contributed by atoms with Crippen molar-refractivity contribution in [2.45, 2.75) is 107 Å².